The van der Waals surface area contributed by atoms with Crippen molar-refractivity contribution in [1.29, 1.82) is 0 Å². The second-order valence-corrected chi connectivity index (χ2v) is 6.71. The third-order valence-corrected chi connectivity index (χ3v) is 4.41. The fraction of sp³-hybridized carbons (Fsp3) is 0.333. The van der Waals surface area contributed by atoms with Crippen LogP contribution in [-0.4, -0.2) is 6.54 Å². The maximum absolute atomic E-state index is 6.08. The Morgan fingerprint density at radius 1 is 1.21 bits per heavy atom. The summed E-state index contributed by atoms with van der Waals surface area (Å²) in [5.41, 5.74) is 1.23. The van der Waals surface area contributed by atoms with Crippen LogP contribution in [0, 0.1) is 0 Å². The Labute approximate surface area is 128 Å². The van der Waals surface area contributed by atoms with Crippen LogP contribution in [0.3, 0.4) is 0 Å². The monoisotopic (exact) mass is 313 g/mol. The molecule has 0 aliphatic heterocycles. The van der Waals surface area contributed by atoms with Gasteiger partial charge in [-0.2, -0.15) is 0 Å². The standard InChI is InChI=1S/C15H17Cl2NS/c1-2-8-18-14(10-13-6-7-15(17)19-13)11-4-3-5-12(16)9-11/h3-7,9,14,18H,2,8,10H2,1H3. The molecule has 0 fully saturated rings. The van der Waals surface area contributed by atoms with Gasteiger partial charge in [-0.05, 0) is 42.8 Å². The number of benzene rings is 1. The molecule has 0 spiro atoms. The minimum absolute atomic E-state index is 0.286. The van der Waals surface area contributed by atoms with Crippen LogP contribution in [0.1, 0.15) is 29.8 Å². The van der Waals surface area contributed by atoms with Crippen LogP contribution in [0.15, 0.2) is 36.4 Å². The van der Waals surface area contributed by atoms with E-state index in [0.29, 0.717) is 0 Å². The zero-order valence-electron chi connectivity index (χ0n) is 10.8. The van der Waals surface area contributed by atoms with Crippen molar-refractivity contribution >= 4 is 34.5 Å². The normalized spacial score (nSPS) is 12.6. The van der Waals surface area contributed by atoms with Crippen molar-refractivity contribution in [2.45, 2.75) is 25.8 Å². The Kier molecular flexibility index (Phi) is 5.71. The second kappa shape index (κ2) is 7.30. The number of thiophene rings is 1. The summed E-state index contributed by atoms with van der Waals surface area (Å²) < 4.78 is 0.843. The number of halogens is 2. The minimum atomic E-state index is 0.286. The average Bonchev–Trinajstić information content (AvgIpc) is 2.80. The zero-order chi connectivity index (χ0) is 13.7. The Morgan fingerprint density at radius 3 is 2.68 bits per heavy atom. The van der Waals surface area contributed by atoms with E-state index < -0.39 is 0 Å². The van der Waals surface area contributed by atoms with Gasteiger partial charge in [0.2, 0.25) is 0 Å². The van der Waals surface area contributed by atoms with Crippen molar-refractivity contribution in [2.75, 3.05) is 6.54 Å². The lowest BCUT2D eigenvalue weighted by molar-refractivity contribution is 0.532. The molecule has 1 aromatic carbocycles. The van der Waals surface area contributed by atoms with Gasteiger partial charge in [0.1, 0.15) is 0 Å². The van der Waals surface area contributed by atoms with Gasteiger partial charge in [-0.25, -0.2) is 0 Å². The van der Waals surface area contributed by atoms with E-state index in [-0.39, 0.29) is 6.04 Å². The lowest BCUT2D eigenvalue weighted by atomic mass is 10.0. The molecule has 0 bridgehead atoms. The third kappa shape index (κ3) is 4.50. The van der Waals surface area contributed by atoms with E-state index in [0.717, 1.165) is 28.7 Å². The van der Waals surface area contributed by atoms with Gasteiger partial charge in [0.05, 0.1) is 4.34 Å². The maximum atomic E-state index is 6.08. The summed E-state index contributed by atoms with van der Waals surface area (Å²) in [7, 11) is 0. The Morgan fingerprint density at radius 2 is 2.05 bits per heavy atom. The lowest BCUT2D eigenvalue weighted by Gasteiger charge is -2.18. The zero-order valence-corrected chi connectivity index (χ0v) is 13.2. The fourth-order valence-electron chi connectivity index (χ4n) is 2.01. The lowest BCUT2D eigenvalue weighted by Crippen LogP contribution is -2.23. The van der Waals surface area contributed by atoms with Crippen LogP contribution in [-0.2, 0) is 6.42 Å². The smallest absolute Gasteiger partial charge is 0.0931 e. The first-order chi connectivity index (χ1) is 9.19. The fourth-order valence-corrected chi connectivity index (χ4v) is 3.34. The molecule has 1 N–H and O–H groups in total. The van der Waals surface area contributed by atoms with Crippen molar-refractivity contribution in [3.63, 3.8) is 0 Å². The van der Waals surface area contributed by atoms with Crippen molar-refractivity contribution in [2.24, 2.45) is 0 Å². The number of hydrogen-bond acceptors (Lipinski definition) is 2. The first-order valence-corrected chi connectivity index (χ1v) is 7.99. The van der Waals surface area contributed by atoms with Gasteiger partial charge in [-0.15, -0.1) is 11.3 Å². The van der Waals surface area contributed by atoms with Gasteiger partial charge < -0.3 is 5.32 Å². The molecule has 1 heterocycles. The molecule has 0 amide bonds. The Balaban J connectivity index is 2.15. The van der Waals surface area contributed by atoms with E-state index >= 15 is 0 Å². The molecule has 1 aromatic heterocycles. The Hall–Kier alpha value is -0.540. The van der Waals surface area contributed by atoms with Crippen LogP contribution in [0.4, 0.5) is 0 Å². The molecule has 0 aliphatic carbocycles. The van der Waals surface area contributed by atoms with E-state index in [4.69, 9.17) is 23.2 Å². The van der Waals surface area contributed by atoms with Crippen LogP contribution in [0.2, 0.25) is 9.36 Å². The Bertz CT molecular complexity index is 524. The van der Waals surface area contributed by atoms with Crippen molar-refractivity contribution in [3.05, 3.63) is 56.2 Å². The van der Waals surface area contributed by atoms with Crippen LogP contribution in [0.5, 0.6) is 0 Å². The predicted octanol–water partition coefficient (Wildman–Crippen LogP) is 5.34. The first kappa shape index (κ1) is 14.9. The van der Waals surface area contributed by atoms with Crippen LogP contribution in [0.25, 0.3) is 0 Å². The molecule has 0 aliphatic rings. The van der Waals surface area contributed by atoms with Gasteiger partial charge in [0.25, 0.3) is 0 Å². The summed E-state index contributed by atoms with van der Waals surface area (Å²) in [6.07, 6.45) is 2.06. The molecule has 2 rings (SSSR count). The maximum Gasteiger partial charge on any atom is 0.0931 e. The van der Waals surface area contributed by atoms with Crippen molar-refractivity contribution in [1.82, 2.24) is 5.32 Å². The van der Waals surface area contributed by atoms with Crippen LogP contribution < -0.4 is 5.32 Å². The average molecular weight is 314 g/mol. The summed E-state index contributed by atoms with van der Waals surface area (Å²) in [4.78, 5) is 1.29. The highest BCUT2D eigenvalue weighted by Gasteiger charge is 2.13. The number of rotatable bonds is 6. The topological polar surface area (TPSA) is 12.0 Å². The summed E-state index contributed by atoms with van der Waals surface area (Å²) >= 11 is 13.7. The predicted molar refractivity (Wildman–Crippen MR) is 85.5 cm³/mol. The molecular formula is C15H17Cl2NS. The highest BCUT2D eigenvalue weighted by atomic mass is 35.5. The highest BCUT2D eigenvalue weighted by molar-refractivity contribution is 7.16. The highest BCUT2D eigenvalue weighted by Crippen LogP contribution is 2.27. The quantitative estimate of drug-likeness (QED) is 0.759. The minimum Gasteiger partial charge on any atom is -0.310 e. The summed E-state index contributed by atoms with van der Waals surface area (Å²) in [6, 6.07) is 12.4. The van der Waals surface area contributed by atoms with Gasteiger partial charge in [-0.3, -0.25) is 0 Å². The van der Waals surface area contributed by atoms with Gasteiger partial charge in [-0.1, -0.05) is 42.3 Å². The van der Waals surface area contributed by atoms with Crippen LogP contribution >= 0.6 is 34.5 Å². The van der Waals surface area contributed by atoms with Gasteiger partial charge in [0.15, 0.2) is 0 Å². The molecule has 0 saturated carbocycles. The van der Waals surface area contributed by atoms with Gasteiger partial charge >= 0.3 is 0 Å². The molecule has 1 atom stereocenters. The molecule has 0 radical (unpaired) electrons. The summed E-state index contributed by atoms with van der Waals surface area (Å²) in [5.74, 6) is 0. The SMILES string of the molecule is CCCNC(Cc1ccc(Cl)s1)c1cccc(Cl)c1. The van der Waals surface area contributed by atoms with E-state index in [1.807, 2.05) is 24.3 Å². The molecule has 4 heteroatoms. The molecule has 1 nitrogen and oxygen atoms in total. The molecule has 102 valence electrons. The number of nitrogens with one attached hydrogen (secondary N) is 1. The third-order valence-electron chi connectivity index (χ3n) is 2.93. The van der Waals surface area contributed by atoms with E-state index in [9.17, 15) is 0 Å². The van der Waals surface area contributed by atoms with E-state index in [2.05, 4.69) is 24.4 Å². The molecule has 19 heavy (non-hydrogen) atoms. The molecular weight excluding hydrogens is 297 g/mol. The van der Waals surface area contributed by atoms with E-state index in [1.165, 1.54) is 10.4 Å². The van der Waals surface area contributed by atoms with Crippen molar-refractivity contribution in [3.8, 4) is 0 Å². The molecule has 0 saturated heterocycles. The van der Waals surface area contributed by atoms with Crippen molar-refractivity contribution < 1.29 is 0 Å². The second-order valence-electron chi connectivity index (χ2n) is 4.47. The first-order valence-electron chi connectivity index (χ1n) is 6.42. The molecule has 1 unspecified atom stereocenters. The van der Waals surface area contributed by atoms with E-state index in [1.54, 1.807) is 11.3 Å². The molecule has 2 aromatic rings. The largest absolute Gasteiger partial charge is 0.310 e. The van der Waals surface area contributed by atoms with Gasteiger partial charge in [0, 0.05) is 22.4 Å². The number of hydrogen-bond donors (Lipinski definition) is 1. The summed E-state index contributed by atoms with van der Waals surface area (Å²) in [6.45, 7) is 3.17. The summed E-state index contributed by atoms with van der Waals surface area (Å²) in [5, 5.41) is 4.36.